The van der Waals surface area contributed by atoms with Gasteiger partial charge in [-0.25, -0.2) is 4.39 Å². The Labute approximate surface area is 193 Å². The van der Waals surface area contributed by atoms with Crippen molar-refractivity contribution >= 4 is 29.5 Å². The van der Waals surface area contributed by atoms with E-state index < -0.39 is 11.9 Å². The van der Waals surface area contributed by atoms with Crippen LogP contribution in [0.5, 0.6) is 0 Å². The number of carbonyl (C=O) groups is 2. The molecule has 2 fully saturated rings. The van der Waals surface area contributed by atoms with Gasteiger partial charge >= 0.3 is 0 Å². The summed E-state index contributed by atoms with van der Waals surface area (Å²) >= 11 is 5.77. The van der Waals surface area contributed by atoms with E-state index in [9.17, 15) is 24.2 Å². The Balaban J connectivity index is 1.51. The number of hydrogen-bond acceptors (Lipinski definition) is 5. The maximum Gasteiger partial charge on any atom is 0.246 e. The molecule has 0 aliphatic carbocycles. The van der Waals surface area contributed by atoms with Crippen molar-refractivity contribution in [3.05, 3.63) is 40.7 Å². The largest absolute Gasteiger partial charge is 0.392 e. The number of piperidine rings is 1. The van der Waals surface area contributed by atoms with Crippen LogP contribution in [0, 0.1) is 11.7 Å². The quantitative estimate of drug-likeness (QED) is 0.621. The summed E-state index contributed by atoms with van der Waals surface area (Å²) in [6.45, 7) is 5.03. The lowest BCUT2D eigenvalue weighted by Gasteiger charge is -2.36. The number of aliphatic hydroxyl groups excluding tert-OH is 2. The summed E-state index contributed by atoms with van der Waals surface area (Å²) < 4.78 is 13.3. The third-order valence-electron chi connectivity index (χ3n) is 5.88. The van der Waals surface area contributed by atoms with Gasteiger partial charge in [0, 0.05) is 58.3 Å². The second kappa shape index (κ2) is 11.2. The highest BCUT2D eigenvalue weighted by Crippen LogP contribution is 2.18. The first-order valence-electron chi connectivity index (χ1n) is 11.0. The Morgan fingerprint density at radius 2 is 2.06 bits per heavy atom. The van der Waals surface area contributed by atoms with Crippen LogP contribution in [0.1, 0.15) is 25.3 Å². The second-order valence-electron chi connectivity index (χ2n) is 8.79. The van der Waals surface area contributed by atoms with Crippen molar-refractivity contribution in [3.63, 3.8) is 0 Å². The molecular weight excluding hydrogens is 437 g/mol. The Morgan fingerprint density at radius 3 is 2.78 bits per heavy atom. The van der Waals surface area contributed by atoms with E-state index in [4.69, 9.17) is 11.6 Å². The SMILES string of the molecule is C[C@H]1C[C@@H](O)CN(C[C@H](O)CN2CCN(C(=O)/C=C/c3ccc(F)c(Cl)c3)CCC2=O)C1. The van der Waals surface area contributed by atoms with Crippen molar-refractivity contribution in [2.45, 2.75) is 32.0 Å². The highest BCUT2D eigenvalue weighted by molar-refractivity contribution is 6.30. The number of β-amino-alcohol motifs (C(OH)–C–C–N with tert-alkyl or cyclic N) is 2. The summed E-state index contributed by atoms with van der Waals surface area (Å²) in [7, 11) is 0. The minimum atomic E-state index is -0.721. The van der Waals surface area contributed by atoms with E-state index >= 15 is 0 Å². The predicted octanol–water partition coefficient (Wildman–Crippen LogP) is 1.62. The number of likely N-dealkylation sites (tertiary alicyclic amines) is 1. The lowest BCUT2D eigenvalue weighted by atomic mass is 9.98. The standard InChI is InChI=1S/C23H31ClFN3O4/c1-16-10-18(29)13-26(12-16)14-19(30)15-28-9-8-27(7-6-23(28)32)22(31)5-3-17-2-4-21(25)20(24)11-17/h2-5,11,16,18-19,29-30H,6-10,12-15H2,1H3/b5-3+/t16-,18+,19-/m0/s1. The number of benzene rings is 1. The molecule has 0 bridgehead atoms. The minimum Gasteiger partial charge on any atom is -0.392 e. The fraction of sp³-hybridized carbons (Fsp3) is 0.565. The summed E-state index contributed by atoms with van der Waals surface area (Å²) in [5, 5.41) is 20.4. The van der Waals surface area contributed by atoms with E-state index in [1.807, 2.05) is 4.90 Å². The summed E-state index contributed by atoms with van der Waals surface area (Å²) in [6, 6.07) is 4.21. The number of halogens is 2. The molecule has 0 aromatic heterocycles. The molecule has 1 aromatic rings. The van der Waals surface area contributed by atoms with E-state index in [1.54, 1.807) is 15.9 Å². The highest BCUT2D eigenvalue weighted by atomic mass is 35.5. The van der Waals surface area contributed by atoms with Gasteiger partial charge in [0.05, 0.1) is 17.2 Å². The van der Waals surface area contributed by atoms with Crippen molar-refractivity contribution in [2.24, 2.45) is 5.92 Å². The zero-order valence-corrected chi connectivity index (χ0v) is 19.0. The van der Waals surface area contributed by atoms with E-state index in [2.05, 4.69) is 6.92 Å². The fourth-order valence-electron chi connectivity index (χ4n) is 4.36. The summed E-state index contributed by atoms with van der Waals surface area (Å²) in [5.41, 5.74) is 0.609. The zero-order chi connectivity index (χ0) is 23.3. The van der Waals surface area contributed by atoms with Gasteiger partial charge < -0.3 is 20.0 Å². The molecule has 1 aromatic carbocycles. The molecular formula is C23H31ClFN3O4. The number of hydrogen-bond donors (Lipinski definition) is 2. The summed E-state index contributed by atoms with van der Waals surface area (Å²) in [4.78, 5) is 30.3. The molecule has 0 spiro atoms. The van der Waals surface area contributed by atoms with Gasteiger partial charge in [-0.3, -0.25) is 14.5 Å². The van der Waals surface area contributed by atoms with E-state index in [-0.39, 0.29) is 35.9 Å². The van der Waals surface area contributed by atoms with Gasteiger partial charge in [-0.05, 0) is 36.1 Å². The van der Waals surface area contributed by atoms with E-state index in [1.165, 1.54) is 24.3 Å². The molecule has 2 saturated heterocycles. The molecule has 176 valence electrons. The van der Waals surface area contributed by atoms with Gasteiger partial charge in [0.1, 0.15) is 5.82 Å². The van der Waals surface area contributed by atoms with Crippen molar-refractivity contribution < 1.29 is 24.2 Å². The highest BCUT2D eigenvalue weighted by Gasteiger charge is 2.28. The van der Waals surface area contributed by atoms with Gasteiger partial charge in [0.2, 0.25) is 11.8 Å². The number of aliphatic hydroxyl groups is 2. The molecule has 2 aliphatic rings. The first-order chi connectivity index (χ1) is 15.2. The van der Waals surface area contributed by atoms with Crippen LogP contribution in [-0.2, 0) is 9.59 Å². The normalized spacial score (nSPS) is 24.1. The van der Waals surface area contributed by atoms with Crippen molar-refractivity contribution in [1.82, 2.24) is 14.7 Å². The molecule has 2 N–H and O–H groups in total. The van der Waals surface area contributed by atoms with Gasteiger partial charge in [-0.2, -0.15) is 0 Å². The molecule has 0 saturated carbocycles. The Hall–Kier alpha value is -2.00. The van der Waals surface area contributed by atoms with Crippen LogP contribution in [0.25, 0.3) is 6.08 Å². The first kappa shape index (κ1) is 24.6. The van der Waals surface area contributed by atoms with Crippen LogP contribution >= 0.6 is 11.6 Å². The van der Waals surface area contributed by atoms with Crippen LogP contribution < -0.4 is 0 Å². The van der Waals surface area contributed by atoms with Crippen LogP contribution in [0.3, 0.4) is 0 Å². The zero-order valence-electron chi connectivity index (χ0n) is 18.3. The van der Waals surface area contributed by atoms with Crippen LogP contribution in [0.15, 0.2) is 24.3 Å². The van der Waals surface area contributed by atoms with Gasteiger partial charge in [-0.15, -0.1) is 0 Å². The maximum atomic E-state index is 13.3. The molecule has 3 atom stereocenters. The smallest absolute Gasteiger partial charge is 0.246 e. The number of carbonyl (C=O) groups excluding carboxylic acids is 2. The molecule has 3 rings (SSSR count). The average Bonchev–Trinajstić information content (AvgIpc) is 2.89. The van der Waals surface area contributed by atoms with E-state index in [0.29, 0.717) is 44.2 Å². The Bertz CT molecular complexity index is 843. The van der Waals surface area contributed by atoms with Gasteiger partial charge in [0.25, 0.3) is 0 Å². The third-order valence-corrected chi connectivity index (χ3v) is 6.16. The third kappa shape index (κ3) is 7.00. The topological polar surface area (TPSA) is 84.3 Å². The van der Waals surface area contributed by atoms with E-state index in [0.717, 1.165) is 13.0 Å². The average molecular weight is 468 g/mol. The maximum absolute atomic E-state index is 13.3. The van der Waals surface area contributed by atoms with Crippen molar-refractivity contribution in [1.29, 1.82) is 0 Å². The van der Waals surface area contributed by atoms with Gasteiger partial charge in [0.15, 0.2) is 0 Å². The first-order valence-corrected chi connectivity index (χ1v) is 11.4. The number of nitrogens with zero attached hydrogens (tertiary/aromatic N) is 3. The molecule has 2 aliphatic heterocycles. The minimum absolute atomic E-state index is 0.0114. The second-order valence-corrected chi connectivity index (χ2v) is 9.20. The predicted molar refractivity (Wildman–Crippen MR) is 120 cm³/mol. The Morgan fingerprint density at radius 1 is 1.28 bits per heavy atom. The monoisotopic (exact) mass is 467 g/mol. The molecule has 9 heteroatoms. The fourth-order valence-corrected chi connectivity index (χ4v) is 4.54. The van der Waals surface area contributed by atoms with Crippen molar-refractivity contribution in [2.75, 3.05) is 45.8 Å². The van der Waals surface area contributed by atoms with Gasteiger partial charge in [-0.1, -0.05) is 24.6 Å². The van der Waals surface area contributed by atoms with Crippen molar-refractivity contribution in [3.8, 4) is 0 Å². The molecule has 32 heavy (non-hydrogen) atoms. The molecule has 0 unspecified atom stereocenters. The molecule has 2 heterocycles. The number of rotatable bonds is 6. The lowest BCUT2D eigenvalue weighted by molar-refractivity contribution is -0.132. The van der Waals surface area contributed by atoms with Crippen LogP contribution in [-0.4, -0.2) is 94.7 Å². The number of amides is 2. The Kier molecular flexibility index (Phi) is 8.64. The summed E-state index contributed by atoms with van der Waals surface area (Å²) in [5.74, 6) is -0.489. The van der Waals surface area contributed by atoms with Crippen LogP contribution in [0.2, 0.25) is 5.02 Å². The molecule has 0 radical (unpaired) electrons. The summed E-state index contributed by atoms with van der Waals surface area (Å²) in [6.07, 6.45) is 2.81. The molecule has 2 amide bonds. The molecule has 7 nitrogen and oxygen atoms in total. The lowest BCUT2D eigenvalue weighted by Crippen LogP contribution is -2.48. The van der Waals surface area contributed by atoms with Crippen LogP contribution in [0.4, 0.5) is 4.39 Å².